The molecule has 3 heterocycles. The maximum Gasteiger partial charge on any atom is 0.325 e. The zero-order valence-electron chi connectivity index (χ0n) is 14.3. The lowest BCUT2D eigenvalue weighted by atomic mass is 9.87. The molecule has 7 nitrogen and oxygen atoms in total. The predicted molar refractivity (Wildman–Crippen MR) is 96.8 cm³/mol. The lowest BCUT2D eigenvalue weighted by molar-refractivity contribution is -0.132. The number of benzene rings is 1. The lowest BCUT2D eigenvalue weighted by Crippen LogP contribution is -2.43. The van der Waals surface area contributed by atoms with Crippen molar-refractivity contribution in [2.75, 3.05) is 0 Å². The van der Waals surface area contributed by atoms with Gasteiger partial charge in [-0.25, -0.2) is 14.2 Å². The van der Waals surface area contributed by atoms with Crippen LogP contribution in [0.4, 0.5) is 9.18 Å². The lowest BCUT2D eigenvalue weighted by Gasteiger charge is -2.25. The molecule has 3 amide bonds. The topological polar surface area (TPSA) is 83.8 Å². The summed E-state index contributed by atoms with van der Waals surface area (Å²) >= 11 is 1.29. The fourth-order valence-corrected chi connectivity index (χ4v) is 4.01. The Balaban J connectivity index is 1.69. The third-order valence-corrected chi connectivity index (χ3v) is 5.48. The number of rotatable bonds is 4. The van der Waals surface area contributed by atoms with Crippen molar-refractivity contribution in [2.45, 2.75) is 25.4 Å². The summed E-state index contributed by atoms with van der Waals surface area (Å²) < 4.78 is 14.7. The fourth-order valence-electron chi connectivity index (χ4n) is 3.27. The Labute approximate surface area is 157 Å². The van der Waals surface area contributed by atoms with E-state index in [1.165, 1.54) is 46.1 Å². The van der Waals surface area contributed by atoms with Crippen LogP contribution in [-0.2, 0) is 16.9 Å². The highest BCUT2D eigenvalue weighted by atomic mass is 32.1. The van der Waals surface area contributed by atoms with Crippen molar-refractivity contribution >= 4 is 28.2 Å². The molecule has 0 radical (unpaired) electrons. The van der Waals surface area contributed by atoms with Gasteiger partial charge in [0, 0.05) is 17.6 Å². The number of hydrogen-bond acceptors (Lipinski definition) is 5. The molecule has 1 aliphatic rings. The third-order valence-electron chi connectivity index (χ3n) is 4.72. The van der Waals surface area contributed by atoms with Gasteiger partial charge in [-0.2, -0.15) is 0 Å². The van der Waals surface area contributed by atoms with Crippen LogP contribution < -0.4 is 10.9 Å². The van der Waals surface area contributed by atoms with Crippen molar-refractivity contribution in [1.82, 2.24) is 19.6 Å². The van der Waals surface area contributed by atoms with Crippen molar-refractivity contribution in [1.29, 1.82) is 0 Å². The molecule has 0 unspecified atom stereocenters. The minimum atomic E-state index is -1.26. The van der Waals surface area contributed by atoms with Gasteiger partial charge < -0.3 is 5.32 Å². The predicted octanol–water partition coefficient (Wildman–Crippen LogP) is 2.25. The second-order valence-corrected chi connectivity index (χ2v) is 7.10. The number of nitrogens with zero attached hydrogens (tertiary/aromatic N) is 3. The van der Waals surface area contributed by atoms with E-state index < -0.39 is 23.3 Å². The van der Waals surface area contributed by atoms with Crippen molar-refractivity contribution in [3.05, 3.63) is 69.3 Å². The Morgan fingerprint density at radius 2 is 1.96 bits per heavy atom. The second-order valence-electron chi connectivity index (χ2n) is 6.23. The van der Waals surface area contributed by atoms with Gasteiger partial charge in [-0.15, -0.1) is 11.3 Å². The van der Waals surface area contributed by atoms with E-state index in [9.17, 15) is 18.8 Å². The van der Waals surface area contributed by atoms with Crippen LogP contribution in [0.3, 0.4) is 0 Å². The van der Waals surface area contributed by atoms with Gasteiger partial charge in [0.05, 0.1) is 12.2 Å². The minimum absolute atomic E-state index is 0.114. The summed E-state index contributed by atoms with van der Waals surface area (Å²) in [5, 5.41) is 4.46. The van der Waals surface area contributed by atoms with Gasteiger partial charge in [-0.1, -0.05) is 19.1 Å². The number of carbonyl (C=O) groups excluding carboxylic acids is 2. The first-order chi connectivity index (χ1) is 12.9. The van der Waals surface area contributed by atoms with Crippen LogP contribution in [0.5, 0.6) is 0 Å². The summed E-state index contributed by atoms with van der Waals surface area (Å²) in [5.74, 6) is -0.873. The smallest absolute Gasteiger partial charge is 0.319 e. The van der Waals surface area contributed by atoms with Crippen LogP contribution in [-0.4, -0.2) is 26.2 Å². The molecule has 4 rings (SSSR count). The van der Waals surface area contributed by atoms with E-state index in [0.29, 0.717) is 22.6 Å². The highest BCUT2D eigenvalue weighted by Crippen LogP contribution is 2.33. The Hall–Kier alpha value is -3.07. The number of halogens is 1. The van der Waals surface area contributed by atoms with E-state index in [1.807, 2.05) is 0 Å². The molecule has 1 fully saturated rings. The van der Waals surface area contributed by atoms with E-state index >= 15 is 0 Å². The van der Waals surface area contributed by atoms with E-state index in [1.54, 1.807) is 18.5 Å². The fraction of sp³-hybridized carbons (Fsp3) is 0.222. The van der Waals surface area contributed by atoms with Gasteiger partial charge in [0.15, 0.2) is 4.96 Å². The van der Waals surface area contributed by atoms with Gasteiger partial charge in [0.1, 0.15) is 11.4 Å². The summed E-state index contributed by atoms with van der Waals surface area (Å²) in [6, 6.07) is 6.22. The Kier molecular flexibility index (Phi) is 4.03. The molecule has 0 aliphatic carbocycles. The number of imide groups is 1. The first-order valence-electron chi connectivity index (χ1n) is 8.30. The SMILES string of the molecule is CC[C@]1(c2ccc(F)cc2)NC(=O)N(Cc2cc(=O)n3ccsc3n2)C1=O. The van der Waals surface area contributed by atoms with E-state index in [0.717, 1.165) is 4.90 Å². The van der Waals surface area contributed by atoms with E-state index in [4.69, 9.17) is 0 Å². The largest absolute Gasteiger partial charge is 0.325 e. The number of hydrogen-bond donors (Lipinski definition) is 1. The van der Waals surface area contributed by atoms with Crippen molar-refractivity contribution in [3.63, 3.8) is 0 Å². The maximum atomic E-state index is 13.3. The van der Waals surface area contributed by atoms with Gasteiger partial charge in [-0.05, 0) is 24.1 Å². The summed E-state index contributed by atoms with van der Waals surface area (Å²) in [5.41, 5.74) is -0.693. The summed E-state index contributed by atoms with van der Waals surface area (Å²) in [7, 11) is 0. The highest BCUT2D eigenvalue weighted by molar-refractivity contribution is 7.15. The number of carbonyl (C=O) groups is 2. The number of urea groups is 1. The minimum Gasteiger partial charge on any atom is -0.319 e. The normalized spacial score (nSPS) is 19.7. The van der Waals surface area contributed by atoms with Gasteiger partial charge in [0.25, 0.3) is 11.5 Å². The molecular formula is C18H15FN4O3S. The van der Waals surface area contributed by atoms with Crippen LogP contribution in [0, 0.1) is 5.82 Å². The molecule has 0 bridgehead atoms. The number of nitrogens with one attached hydrogen (secondary N) is 1. The molecular weight excluding hydrogens is 371 g/mol. The average molecular weight is 386 g/mol. The summed E-state index contributed by atoms with van der Waals surface area (Å²) in [6.45, 7) is 1.66. The Morgan fingerprint density at radius 1 is 1.22 bits per heavy atom. The van der Waals surface area contributed by atoms with Gasteiger partial charge in [0.2, 0.25) is 0 Å². The monoisotopic (exact) mass is 386 g/mol. The van der Waals surface area contributed by atoms with Crippen LogP contribution in [0.2, 0.25) is 0 Å². The molecule has 1 atom stereocenters. The zero-order valence-corrected chi connectivity index (χ0v) is 15.1. The molecule has 138 valence electrons. The summed E-state index contributed by atoms with van der Waals surface area (Å²) in [6.07, 6.45) is 1.92. The average Bonchev–Trinajstić information content (AvgIpc) is 3.21. The van der Waals surface area contributed by atoms with Crippen molar-refractivity contribution < 1.29 is 14.0 Å². The maximum absolute atomic E-state index is 13.3. The molecule has 1 aliphatic heterocycles. The molecule has 1 saturated heterocycles. The third kappa shape index (κ3) is 2.71. The van der Waals surface area contributed by atoms with Gasteiger partial charge >= 0.3 is 6.03 Å². The Morgan fingerprint density at radius 3 is 2.67 bits per heavy atom. The molecule has 0 saturated carbocycles. The highest BCUT2D eigenvalue weighted by Gasteiger charge is 2.51. The molecule has 27 heavy (non-hydrogen) atoms. The first kappa shape index (κ1) is 17.3. The molecule has 3 aromatic rings. The number of thiazole rings is 1. The number of fused-ring (bicyclic) bond motifs is 1. The Bertz CT molecular complexity index is 1110. The molecule has 0 spiro atoms. The van der Waals surface area contributed by atoms with Crippen LogP contribution in [0.1, 0.15) is 24.6 Å². The number of aromatic nitrogens is 2. The standard InChI is InChI=1S/C18H15FN4O3S/c1-2-18(11-3-5-12(19)6-4-11)15(25)23(16(26)21-18)10-13-9-14(24)22-7-8-27-17(22)20-13/h3-9H,2,10H2,1H3,(H,21,26)/t18-/m1/s1. The second kappa shape index (κ2) is 6.27. The van der Waals surface area contributed by atoms with Gasteiger partial charge in [-0.3, -0.25) is 18.9 Å². The molecule has 2 aromatic heterocycles. The summed E-state index contributed by atoms with van der Waals surface area (Å²) in [4.78, 5) is 43.6. The quantitative estimate of drug-likeness (QED) is 0.697. The molecule has 1 N–H and O–H groups in total. The van der Waals surface area contributed by atoms with Crippen molar-refractivity contribution in [2.24, 2.45) is 0 Å². The molecule has 1 aromatic carbocycles. The van der Waals surface area contributed by atoms with Crippen LogP contribution in [0.25, 0.3) is 4.96 Å². The van der Waals surface area contributed by atoms with Crippen LogP contribution in [0.15, 0.2) is 46.7 Å². The number of amides is 3. The van der Waals surface area contributed by atoms with Crippen LogP contribution >= 0.6 is 11.3 Å². The zero-order chi connectivity index (χ0) is 19.2. The van der Waals surface area contributed by atoms with E-state index in [-0.39, 0.29) is 12.1 Å². The first-order valence-corrected chi connectivity index (χ1v) is 9.18. The van der Waals surface area contributed by atoms with E-state index in [2.05, 4.69) is 10.3 Å². The molecule has 9 heteroatoms. The van der Waals surface area contributed by atoms with Crippen molar-refractivity contribution in [3.8, 4) is 0 Å².